The zero-order chi connectivity index (χ0) is 22.6. The van der Waals surface area contributed by atoms with Gasteiger partial charge < -0.3 is 10.2 Å². The molecule has 0 saturated carbocycles. The number of carbonyl (C=O) groups excluding carboxylic acids is 2. The van der Waals surface area contributed by atoms with Crippen LogP contribution in [-0.2, 0) is 19.6 Å². The highest BCUT2D eigenvalue weighted by molar-refractivity contribution is 7.89. The molecule has 0 spiro atoms. The average Bonchev–Trinajstić information content (AvgIpc) is 3.26. The van der Waals surface area contributed by atoms with E-state index in [1.165, 1.54) is 16.1 Å². The van der Waals surface area contributed by atoms with Gasteiger partial charge in [0.15, 0.2) is 0 Å². The molecule has 2 heterocycles. The average molecular weight is 483 g/mol. The molecule has 1 aromatic carbocycles. The van der Waals surface area contributed by atoms with Gasteiger partial charge in [-0.2, -0.15) is 4.31 Å². The molecular weight excluding hydrogens is 452 g/mol. The molecule has 1 atom stereocenters. The maximum atomic E-state index is 13.4. The summed E-state index contributed by atoms with van der Waals surface area (Å²) >= 11 is 0. The molecule has 2 amide bonds. The molecule has 0 aromatic heterocycles. The van der Waals surface area contributed by atoms with E-state index in [9.17, 15) is 18.0 Å². The van der Waals surface area contributed by atoms with Crippen molar-refractivity contribution in [2.45, 2.75) is 50.5 Å². The Bertz CT molecular complexity index is 990. The van der Waals surface area contributed by atoms with Crippen LogP contribution in [0.5, 0.6) is 0 Å². The van der Waals surface area contributed by atoms with Crippen LogP contribution in [0.3, 0.4) is 0 Å². The molecule has 8 nitrogen and oxygen atoms in total. The van der Waals surface area contributed by atoms with Crippen LogP contribution in [0.4, 0.5) is 0 Å². The molecule has 0 radical (unpaired) electrons. The lowest BCUT2D eigenvalue weighted by Gasteiger charge is -2.39. The fourth-order valence-electron chi connectivity index (χ4n) is 3.72. The van der Waals surface area contributed by atoms with E-state index >= 15 is 0 Å². The molecule has 0 aliphatic carbocycles. The second-order valence-corrected chi connectivity index (χ2v) is 9.99. The van der Waals surface area contributed by atoms with Crippen LogP contribution >= 0.6 is 12.4 Å². The summed E-state index contributed by atoms with van der Waals surface area (Å²) in [5.74, 6) is -0.300. The summed E-state index contributed by atoms with van der Waals surface area (Å²) in [6, 6.07) is 5.79. The van der Waals surface area contributed by atoms with E-state index in [1.54, 1.807) is 24.3 Å². The predicted molar refractivity (Wildman–Crippen MR) is 127 cm³/mol. The van der Waals surface area contributed by atoms with Crippen molar-refractivity contribution < 1.29 is 18.0 Å². The number of nitrogens with one attached hydrogen (secondary N) is 1. The SMILES string of the molecule is CC(=O)N1CCN(S(=O)(=O)c2ccc(C(C)C)cc2)[C@@H](C(=O)NCCC2=CCC=N2)C1.Cl. The van der Waals surface area contributed by atoms with E-state index in [2.05, 4.69) is 10.3 Å². The molecule has 1 N–H and O–H groups in total. The molecule has 1 saturated heterocycles. The Labute approximate surface area is 196 Å². The molecule has 3 rings (SSSR count). The lowest BCUT2D eigenvalue weighted by molar-refractivity contribution is -0.134. The second-order valence-electron chi connectivity index (χ2n) is 8.10. The Morgan fingerprint density at radius 1 is 1.19 bits per heavy atom. The Balaban J connectivity index is 0.00000363. The van der Waals surface area contributed by atoms with E-state index in [4.69, 9.17) is 0 Å². The van der Waals surface area contributed by atoms with E-state index in [0.717, 1.165) is 17.7 Å². The third kappa shape index (κ3) is 5.96. The molecule has 0 bridgehead atoms. The van der Waals surface area contributed by atoms with E-state index < -0.39 is 22.0 Å². The van der Waals surface area contributed by atoms with Crippen molar-refractivity contribution in [2.75, 3.05) is 26.2 Å². The summed E-state index contributed by atoms with van der Waals surface area (Å²) in [4.78, 5) is 30.7. The number of amides is 2. The second kappa shape index (κ2) is 11.1. The molecule has 1 fully saturated rings. The highest BCUT2D eigenvalue weighted by Gasteiger charge is 2.40. The number of benzene rings is 1. The zero-order valence-corrected chi connectivity index (χ0v) is 20.3. The third-order valence-corrected chi connectivity index (χ3v) is 7.55. The molecule has 2 aliphatic heterocycles. The number of sulfonamides is 1. The van der Waals surface area contributed by atoms with E-state index in [1.807, 2.05) is 26.1 Å². The maximum absolute atomic E-state index is 13.4. The van der Waals surface area contributed by atoms with E-state index in [0.29, 0.717) is 13.0 Å². The van der Waals surface area contributed by atoms with Crippen LogP contribution in [0.2, 0.25) is 0 Å². The summed E-state index contributed by atoms with van der Waals surface area (Å²) in [6.07, 6.45) is 5.17. The van der Waals surface area contributed by atoms with Gasteiger partial charge in [0.2, 0.25) is 21.8 Å². The van der Waals surface area contributed by atoms with Gasteiger partial charge in [-0.1, -0.05) is 32.1 Å². The third-order valence-electron chi connectivity index (χ3n) is 5.63. The number of carbonyl (C=O) groups is 2. The Morgan fingerprint density at radius 3 is 2.44 bits per heavy atom. The van der Waals surface area contributed by atoms with Gasteiger partial charge in [0.05, 0.1) is 4.90 Å². The number of rotatable bonds is 7. The number of halogens is 1. The Hall–Kier alpha value is -2.23. The number of nitrogens with zero attached hydrogens (tertiary/aromatic N) is 3. The van der Waals surface area contributed by atoms with Crippen molar-refractivity contribution in [1.29, 1.82) is 0 Å². The topological polar surface area (TPSA) is 99.2 Å². The van der Waals surface area contributed by atoms with Gasteiger partial charge >= 0.3 is 0 Å². The van der Waals surface area contributed by atoms with Crippen molar-refractivity contribution in [3.8, 4) is 0 Å². The maximum Gasteiger partial charge on any atom is 0.243 e. The lowest BCUT2D eigenvalue weighted by Crippen LogP contribution is -2.61. The van der Waals surface area contributed by atoms with Crippen LogP contribution < -0.4 is 5.32 Å². The Kier molecular flexibility index (Phi) is 9.00. The van der Waals surface area contributed by atoms with Crippen LogP contribution in [0.15, 0.2) is 45.9 Å². The van der Waals surface area contributed by atoms with Crippen molar-refractivity contribution in [3.05, 3.63) is 41.6 Å². The Morgan fingerprint density at radius 2 is 1.88 bits per heavy atom. The minimum atomic E-state index is -3.89. The van der Waals surface area contributed by atoms with Crippen LogP contribution in [0.1, 0.15) is 45.1 Å². The van der Waals surface area contributed by atoms with Gasteiger partial charge in [-0.3, -0.25) is 14.6 Å². The van der Waals surface area contributed by atoms with E-state index in [-0.39, 0.29) is 48.8 Å². The monoisotopic (exact) mass is 482 g/mol. The van der Waals surface area contributed by atoms with Gasteiger partial charge in [-0.05, 0) is 23.6 Å². The van der Waals surface area contributed by atoms with Gasteiger partial charge in [0.25, 0.3) is 0 Å². The highest BCUT2D eigenvalue weighted by Crippen LogP contribution is 2.24. The minimum absolute atomic E-state index is 0. The molecule has 32 heavy (non-hydrogen) atoms. The van der Waals surface area contributed by atoms with Crippen LogP contribution in [-0.4, -0.2) is 67.9 Å². The normalized spacial score (nSPS) is 18.9. The largest absolute Gasteiger partial charge is 0.354 e. The van der Waals surface area contributed by atoms with Gasteiger partial charge in [-0.15, -0.1) is 12.4 Å². The molecule has 2 aliphatic rings. The summed E-state index contributed by atoms with van der Waals surface area (Å²) in [5, 5.41) is 2.82. The molecular formula is C22H31ClN4O4S. The number of piperazine rings is 1. The molecule has 1 aromatic rings. The fourth-order valence-corrected chi connectivity index (χ4v) is 5.29. The van der Waals surface area contributed by atoms with Crippen LogP contribution in [0.25, 0.3) is 0 Å². The minimum Gasteiger partial charge on any atom is -0.354 e. The van der Waals surface area contributed by atoms with Gasteiger partial charge in [0.1, 0.15) is 6.04 Å². The van der Waals surface area contributed by atoms with Gasteiger partial charge in [0, 0.05) is 57.9 Å². The standard InChI is InChI=1S/C22H30N4O4S.ClH/c1-16(2)18-6-8-20(9-7-18)31(29,30)26-14-13-25(17(3)27)15-21(26)22(28)24-12-10-19-5-4-11-23-19;/h5-9,11,16,21H,4,10,12-15H2,1-3H3,(H,24,28);1H/t21-;/m1./s1. The van der Waals surface area contributed by atoms with Crippen molar-refractivity contribution in [1.82, 2.24) is 14.5 Å². The first-order chi connectivity index (χ1) is 14.7. The molecule has 10 heteroatoms. The van der Waals surface area contributed by atoms with Crippen molar-refractivity contribution in [3.63, 3.8) is 0 Å². The van der Waals surface area contributed by atoms with Crippen molar-refractivity contribution in [2.24, 2.45) is 4.99 Å². The fraction of sp³-hybridized carbons (Fsp3) is 0.500. The number of hydrogen-bond donors (Lipinski definition) is 1. The highest BCUT2D eigenvalue weighted by atomic mass is 35.5. The zero-order valence-electron chi connectivity index (χ0n) is 18.7. The number of hydrogen-bond acceptors (Lipinski definition) is 5. The molecule has 0 unspecified atom stereocenters. The number of aliphatic imine (C=N–C) groups is 1. The summed E-state index contributed by atoms with van der Waals surface area (Å²) in [5.41, 5.74) is 1.95. The first-order valence-corrected chi connectivity index (χ1v) is 12.0. The summed E-state index contributed by atoms with van der Waals surface area (Å²) in [7, 11) is -3.89. The summed E-state index contributed by atoms with van der Waals surface area (Å²) in [6.45, 7) is 6.22. The first kappa shape index (κ1) is 26.0. The van der Waals surface area contributed by atoms with Gasteiger partial charge in [-0.25, -0.2) is 8.42 Å². The molecule has 176 valence electrons. The quantitative estimate of drug-likeness (QED) is 0.644. The predicted octanol–water partition coefficient (Wildman–Crippen LogP) is 2.32. The lowest BCUT2D eigenvalue weighted by atomic mass is 10.0. The smallest absolute Gasteiger partial charge is 0.243 e. The first-order valence-electron chi connectivity index (χ1n) is 10.6. The van der Waals surface area contributed by atoms with Crippen molar-refractivity contribution >= 4 is 40.5 Å². The van der Waals surface area contributed by atoms with Crippen LogP contribution in [0, 0.1) is 0 Å². The number of allylic oxidation sites excluding steroid dienone is 1. The summed E-state index contributed by atoms with van der Waals surface area (Å²) < 4.78 is 27.9.